The Balaban J connectivity index is 0.792. The summed E-state index contributed by atoms with van der Waals surface area (Å²) in [5.74, 6) is 0.807. The standard InChI is InChI=1S/C47H46ClN3O6/c1-32-25-27-33(28-26-32)45(38-20-11-13-22-41(38)48)56-46(52)39-21-12-14-23-42(39)54-31-43-50-44(57-51-43)24-6-4-2-3-5-15-29-49-47(53)55-30-40-36-18-9-7-16-34(36)35-17-8-10-19-37(35)40/h7-14,16-23,25-28,40,45H,2-6,15,24,29-31H2,1H3,(H,49,53). The third-order valence-corrected chi connectivity index (χ3v) is 10.5. The van der Waals surface area contributed by atoms with E-state index in [0.717, 1.165) is 49.7 Å². The van der Waals surface area contributed by atoms with Gasteiger partial charge in [-0.2, -0.15) is 4.98 Å². The Morgan fingerprint density at radius 2 is 1.42 bits per heavy atom. The number of aromatic nitrogens is 2. The first-order chi connectivity index (χ1) is 27.9. The van der Waals surface area contributed by atoms with Crippen molar-refractivity contribution in [1.82, 2.24) is 15.5 Å². The van der Waals surface area contributed by atoms with Crippen LogP contribution in [-0.2, 0) is 22.5 Å². The smallest absolute Gasteiger partial charge is 0.407 e. The quantitative estimate of drug-likeness (QED) is 0.0677. The third kappa shape index (κ3) is 10.1. The van der Waals surface area contributed by atoms with Crippen molar-refractivity contribution in [3.05, 3.63) is 171 Å². The summed E-state index contributed by atoms with van der Waals surface area (Å²) >= 11 is 6.55. The van der Waals surface area contributed by atoms with E-state index in [1.165, 1.54) is 22.3 Å². The topological polar surface area (TPSA) is 113 Å². The minimum absolute atomic E-state index is 0.0315. The van der Waals surface area contributed by atoms with Crippen molar-refractivity contribution in [3.8, 4) is 16.9 Å². The SMILES string of the molecule is Cc1ccc(C(OC(=O)c2ccccc2OCc2noc(CCCCCCCCNC(=O)OCC3c4ccccc4-c4ccccc43)n2)c2ccccc2Cl)cc1. The summed E-state index contributed by atoms with van der Waals surface area (Å²) < 4.78 is 23.2. The lowest BCUT2D eigenvalue weighted by atomic mass is 9.98. The number of aryl methyl sites for hydroxylation is 2. The molecule has 0 saturated heterocycles. The highest BCUT2D eigenvalue weighted by Crippen LogP contribution is 2.44. The van der Waals surface area contributed by atoms with Gasteiger partial charge in [-0.1, -0.05) is 151 Å². The lowest BCUT2D eigenvalue weighted by molar-refractivity contribution is 0.0373. The molecule has 1 aliphatic rings. The maximum Gasteiger partial charge on any atom is 0.407 e. The molecular formula is C47H46ClN3O6. The number of nitrogens with zero attached hydrogens (tertiary/aromatic N) is 2. The number of esters is 1. The van der Waals surface area contributed by atoms with Crippen LogP contribution in [-0.4, -0.2) is 35.4 Å². The summed E-state index contributed by atoms with van der Waals surface area (Å²) in [4.78, 5) is 30.5. The molecule has 0 saturated carbocycles. The zero-order chi connectivity index (χ0) is 39.4. The Labute approximate surface area is 338 Å². The number of hydrogen-bond acceptors (Lipinski definition) is 8. The first-order valence-corrected chi connectivity index (χ1v) is 20.0. The van der Waals surface area contributed by atoms with Gasteiger partial charge >= 0.3 is 12.1 Å². The van der Waals surface area contributed by atoms with E-state index in [4.69, 9.17) is 30.3 Å². The molecular weight excluding hydrogens is 738 g/mol. The summed E-state index contributed by atoms with van der Waals surface area (Å²) in [5.41, 5.74) is 7.71. The summed E-state index contributed by atoms with van der Waals surface area (Å²) in [7, 11) is 0. The number of carbonyl (C=O) groups is 2. The normalized spacial score (nSPS) is 12.4. The van der Waals surface area contributed by atoms with E-state index < -0.39 is 12.1 Å². The Morgan fingerprint density at radius 3 is 2.18 bits per heavy atom. The van der Waals surface area contributed by atoms with E-state index in [9.17, 15) is 9.59 Å². The van der Waals surface area contributed by atoms with Crippen LogP contribution < -0.4 is 10.1 Å². The molecule has 5 aromatic carbocycles. The molecule has 7 rings (SSSR count). The van der Waals surface area contributed by atoms with Gasteiger partial charge in [0.2, 0.25) is 11.7 Å². The van der Waals surface area contributed by atoms with Gasteiger partial charge in [0, 0.05) is 29.5 Å². The summed E-state index contributed by atoms with van der Waals surface area (Å²) in [6, 6.07) is 38.7. The van der Waals surface area contributed by atoms with E-state index >= 15 is 0 Å². The fourth-order valence-electron chi connectivity index (χ4n) is 7.21. The van der Waals surface area contributed by atoms with Crippen LogP contribution in [0.2, 0.25) is 5.02 Å². The number of para-hydroxylation sites is 1. The Morgan fingerprint density at radius 1 is 0.772 bits per heavy atom. The molecule has 9 nitrogen and oxygen atoms in total. The van der Waals surface area contributed by atoms with Gasteiger partial charge in [-0.15, -0.1) is 0 Å². The van der Waals surface area contributed by atoms with Crippen LogP contribution in [0.3, 0.4) is 0 Å². The summed E-state index contributed by atoms with van der Waals surface area (Å²) in [6.45, 7) is 2.94. The van der Waals surface area contributed by atoms with Gasteiger partial charge in [0.1, 0.15) is 17.9 Å². The zero-order valence-corrected chi connectivity index (χ0v) is 32.8. The summed E-state index contributed by atoms with van der Waals surface area (Å²) in [6.07, 6.45) is 5.60. The second-order valence-electron chi connectivity index (χ2n) is 14.2. The molecule has 57 heavy (non-hydrogen) atoms. The molecule has 1 aliphatic carbocycles. The fraction of sp³-hybridized carbons (Fsp3) is 0.277. The molecule has 10 heteroatoms. The first-order valence-electron chi connectivity index (χ1n) is 19.6. The molecule has 1 atom stereocenters. The highest BCUT2D eigenvalue weighted by Gasteiger charge is 2.29. The molecule has 292 valence electrons. The molecule has 1 heterocycles. The number of rotatable bonds is 18. The number of unbranched alkanes of at least 4 members (excludes halogenated alkanes) is 5. The van der Waals surface area contributed by atoms with Crippen LogP contribution in [0.1, 0.15) is 100 Å². The van der Waals surface area contributed by atoms with Crippen LogP contribution in [0, 0.1) is 6.92 Å². The molecule has 0 spiro atoms. The number of benzene rings is 5. The molecule has 0 bridgehead atoms. The maximum absolute atomic E-state index is 13.6. The molecule has 0 aliphatic heterocycles. The highest BCUT2D eigenvalue weighted by molar-refractivity contribution is 6.31. The number of nitrogens with one attached hydrogen (secondary N) is 1. The van der Waals surface area contributed by atoms with Crippen molar-refractivity contribution in [3.63, 3.8) is 0 Å². The lowest BCUT2D eigenvalue weighted by Gasteiger charge is -2.21. The monoisotopic (exact) mass is 783 g/mol. The van der Waals surface area contributed by atoms with Crippen LogP contribution in [0.5, 0.6) is 5.75 Å². The van der Waals surface area contributed by atoms with E-state index in [-0.39, 0.29) is 24.2 Å². The Kier molecular flexibility index (Phi) is 13.3. The minimum Gasteiger partial charge on any atom is -0.485 e. The zero-order valence-electron chi connectivity index (χ0n) is 32.0. The second-order valence-corrected chi connectivity index (χ2v) is 14.6. The van der Waals surface area contributed by atoms with Gasteiger partial charge in [0.05, 0.1) is 0 Å². The van der Waals surface area contributed by atoms with Crippen LogP contribution in [0.15, 0.2) is 126 Å². The van der Waals surface area contributed by atoms with Gasteiger partial charge < -0.3 is 24.1 Å². The van der Waals surface area contributed by atoms with Gasteiger partial charge in [0.15, 0.2) is 12.7 Å². The summed E-state index contributed by atoms with van der Waals surface area (Å²) in [5, 5.41) is 7.49. The largest absolute Gasteiger partial charge is 0.485 e. The maximum atomic E-state index is 13.6. The van der Waals surface area contributed by atoms with E-state index in [1.54, 1.807) is 30.3 Å². The number of fused-ring (bicyclic) bond motifs is 3. The fourth-order valence-corrected chi connectivity index (χ4v) is 7.45. The predicted octanol–water partition coefficient (Wildman–Crippen LogP) is 11.0. The van der Waals surface area contributed by atoms with Crippen LogP contribution in [0.4, 0.5) is 4.79 Å². The number of amides is 1. The Hall–Kier alpha value is -5.93. The molecule has 1 aromatic heterocycles. The molecule has 0 radical (unpaired) electrons. The average Bonchev–Trinajstić information content (AvgIpc) is 3.83. The first kappa shape index (κ1) is 39.3. The number of halogens is 1. The Bertz CT molecular complexity index is 2230. The number of alkyl carbamates (subject to hydrolysis) is 1. The van der Waals surface area contributed by atoms with Crippen molar-refractivity contribution in [2.45, 2.75) is 70.5 Å². The van der Waals surface area contributed by atoms with Gasteiger partial charge in [-0.3, -0.25) is 0 Å². The van der Waals surface area contributed by atoms with Crippen molar-refractivity contribution in [1.29, 1.82) is 0 Å². The molecule has 1 unspecified atom stereocenters. The van der Waals surface area contributed by atoms with Gasteiger partial charge in [-0.25, -0.2) is 9.59 Å². The van der Waals surface area contributed by atoms with E-state index in [0.29, 0.717) is 47.6 Å². The minimum atomic E-state index is -0.710. The van der Waals surface area contributed by atoms with Crippen LogP contribution in [0.25, 0.3) is 11.1 Å². The van der Waals surface area contributed by atoms with Crippen molar-refractivity contribution in [2.24, 2.45) is 0 Å². The van der Waals surface area contributed by atoms with Crippen molar-refractivity contribution >= 4 is 23.7 Å². The number of ether oxygens (including phenoxy) is 3. The van der Waals surface area contributed by atoms with Crippen molar-refractivity contribution < 1.29 is 28.3 Å². The molecule has 6 aromatic rings. The van der Waals surface area contributed by atoms with Gasteiger partial charge in [-0.05, 0) is 65.8 Å². The molecule has 1 N–H and O–H groups in total. The third-order valence-electron chi connectivity index (χ3n) is 10.2. The average molecular weight is 784 g/mol. The van der Waals surface area contributed by atoms with Gasteiger partial charge in [0.25, 0.3) is 0 Å². The number of hydrogen-bond donors (Lipinski definition) is 1. The predicted molar refractivity (Wildman–Crippen MR) is 219 cm³/mol. The molecule has 1 amide bonds. The van der Waals surface area contributed by atoms with Crippen molar-refractivity contribution in [2.75, 3.05) is 13.2 Å². The van der Waals surface area contributed by atoms with E-state index in [2.05, 4.69) is 39.7 Å². The second kappa shape index (κ2) is 19.3. The van der Waals surface area contributed by atoms with E-state index in [1.807, 2.05) is 73.7 Å². The van der Waals surface area contributed by atoms with Crippen LogP contribution >= 0.6 is 11.6 Å². The number of carbonyl (C=O) groups excluding carboxylic acids is 2. The molecule has 0 fully saturated rings. The lowest BCUT2D eigenvalue weighted by Crippen LogP contribution is -2.27. The highest BCUT2D eigenvalue weighted by atomic mass is 35.5.